The zero-order valence-electron chi connectivity index (χ0n) is 14.6. The number of likely N-dealkylation sites (N-methyl/N-ethyl adjacent to an activating group) is 2. The van der Waals surface area contributed by atoms with Crippen molar-refractivity contribution in [1.82, 2.24) is 29.5 Å². The van der Waals surface area contributed by atoms with Gasteiger partial charge in [0.2, 0.25) is 11.8 Å². The molecule has 0 aromatic carbocycles. The van der Waals surface area contributed by atoms with Gasteiger partial charge in [0.1, 0.15) is 17.7 Å². The number of hydrogen-bond acceptors (Lipinski definition) is 5. The van der Waals surface area contributed by atoms with E-state index in [1.165, 1.54) is 0 Å². The van der Waals surface area contributed by atoms with Crippen molar-refractivity contribution in [1.29, 1.82) is 0 Å². The summed E-state index contributed by atoms with van der Waals surface area (Å²) in [5, 5.41) is 4.27. The molecule has 1 fully saturated rings. The van der Waals surface area contributed by atoms with Crippen LogP contribution >= 0.6 is 0 Å². The molecule has 2 rings (SSSR count). The first kappa shape index (κ1) is 17.4. The van der Waals surface area contributed by atoms with Crippen molar-refractivity contribution in [2.45, 2.75) is 32.9 Å². The molecule has 8 heteroatoms. The lowest BCUT2D eigenvalue weighted by Crippen LogP contribution is -2.58. The molecule has 1 atom stereocenters. The van der Waals surface area contributed by atoms with Crippen LogP contribution in [0.2, 0.25) is 0 Å². The SMILES string of the molecule is Cc1nc(C)n(CCC(=O)N2CCN(C)[C@@H](C(=O)N(C)C)C2)n1. The molecule has 0 bridgehead atoms. The fraction of sp³-hybridized carbons (Fsp3) is 0.733. The standard InChI is InChI=1S/C15H26N6O2/c1-11-16-12(2)21(17-11)7-6-14(22)20-9-8-19(5)13(10-20)15(23)18(3)4/h13H,6-10H2,1-5H3/t13-/m1/s1. The third-order valence-corrected chi connectivity index (χ3v) is 4.23. The average Bonchev–Trinajstić information content (AvgIpc) is 2.82. The Balaban J connectivity index is 1.94. The van der Waals surface area contributed by atoms with Crippen LogP contribution in [0.5, 0.6) is 0 Å². The topological polar surface area (TPSA) is 74.6 Å². The number of nitrogens with zero attached hydrogens (tertiary/aromatic N) is 6. The van der Waals surface area contributed by atoms with Gasteiger partial charge in [-0.1, -0.05) is 0 Å². The van der Waals surface area contributed by atoms with Gasteiger partial charge in [-0.3, -0.25) is 14.5 Å². The molecule has 0 spiro atoms. The summed E-state index contributed by atoms with van der Waals surface area (Å²) in [5.41, 5.74) is 0. The zero-order chi connectivity index (χ0) is 17.1. The molecule has 8 nitrogen and oxygen atoms in total. The van der Waals surface area contributed by atoms with Crippen LogP contribution in [0, 0.1) is 13.8 Å². The van der Waals surface area contributed by atoms with Crippen molar-refractivity contribution in [3.63, 3.8) is 0 Å². The molecule has 0 N–H and O–H groups in total. The number of carbonyl (C=O) groups excluding carboxylic acids is 2. The highest BCUT2D eigenvalue weighted by Crippen LogP contribution is 2.11. The minimum atomic E-state index is -0.266. The second kappa shape index (κ2) is 7.08. The highest BCUT2D eigenvalue weighted by Gasteiger charge is 2.32. The summed E-state index contributed by atoms with van der Waals surface area (Å²) in [4.78, 5) is 34.3. The Morgan fingerprint density at radius 1 is 1.26 bits per heavy atom. The molecule has 128 valence electrons. The molecule has 1 aliphatic rings. The molecule has 2 heterocycles. The fourth-order valence-electron chi connectivity index (χ4n) is 2.80. The van der Waals surface area contributed by atoms with Crippen LogP contribution in [0.3, 0.4) is 0 Å². The van der Waals surface area contributed by atoms with E-state index in [0.29, 0.717) is 38.4 Å². The maximum Gasteiger partial charge on any atom is 0.241 e. The number of piperazine rings is 1. The average molecular weight is 322 g/mol. The maximum atomic E-state index is 12.5. The predicted molar refractivity (Wildman–Crippen MR) is 85.8 cm³/mol. The first-order chi connectivity index (χ1) is 10.8. The van der Waals surface area contributed by atoms with Gasteiger partial charge in [0.05, 0.1) is 6.54 Å². The van der Waals surface area contributed by atoms with Crippen molar-refractivity contribution in [2.75, 3.05) is 40.8 Å². The highest BCUT2D eigenvalue weighted by molar-refractivity contribution is 5.83. The number of carbonyl (C=O) groups is 2. The molecule has 0 aliphatic carbocycles. The normalized spacial score (nSPS) is 19.0. The maximum absolute atomic E-state index is 12.5. The van der Waals surface area contributed by atoms with E-state index in [9.17, 15) is 9.59 Å². The van der Waals surface area contributed by atoms with E-state index < -0.39 is 0 Å². The van der Waals surface area contributed by atoms with Gasteiger partial charge in [0.15, 0.2) is 0 Å². The Bertz CT molecular complexity index is 583. The van der Waals surface area contributed by atoms with Crippen molar-refractivity contribution in [2.24, 2.45) is 0 Å². The van der Waals surface area contributed by atoms with Crippen LogP contribution in [0.1, 0.15) is 18.1 Å². The summed E-state index contributed by atoms with van der Waals surface area (Å²) in [5.74, 6) is 1.62. The summed E-state index contributed by atoms with van der Waals surface area (Å²) in [7, 11) is 5.41. The van der Waals surface area contributed by atoms with E-state index in [-0.39, 0.29) is 17.9 Å². The van der Waals surface area contributed by atoms with E-state index in [1.54, 1.807) is 28.6 Å². The van der Waals surface area contributed by atoms with Crippen molar-refractivity contribution < 1.29 is 9.59 Å². The summed E-state index contributed by atoms with van der Waals surface area (Å²) in [6, 6.07) is -0.266. The first-order valence-corrected chi connectivity index (χ1v) is 7.87. The summed E-state index contributed by atoms with van der Waals surface area (Å²) < 4.78 is 1.76. The largest absolute Gasteiger partial charge is 0.347 e. The number of aromatic nitrogens is 3. The van der Waals surface area contributed by atoms with E-state index >= 15 is 0 Å². The summed E-state index contributed by atoms with van der Waals surface area (Å²) >= 11 is 0. The van der Waals surface area contributed by atoms with E-state index in [2.05, 4.69) is 10.1 Å². The van der Waals surface area contributed by atoms with Gasteiger partial charge < -0.3 is 9.80 Å². The number of amides is 2. The Labute approximate surface area is 137 Å². The van der Waals surface area contributed by atoms with E-state index in [0.717, 1.165) is 5.82 Å². The molecule has 2 amide bonds. The Morgan fingerprint density at radius 2 is 1.96 bits per heavy atom. The minimum Gasteiger partial charge on any atom is -0.347 e. The van der Waals surface area contributed by atoms with E-state index in [4.69, 9.17) is 0 Å². The monoisotopic (exact) mass is 322 g/mol. The van der Waals surface area contributed by atoms with Gasteiger partial charge >= 0.3 is 0 Å². The molecule has 0 unspecified atom stereocenters. The fourth-order valence-corrected chi connectivity index (χ4v) is 2.80. The third-order valence-electron chi connectivity index (χ3n) is 4.23. The second-order valence-corrected chi connectivity index (χ2v) is 6.25. The quantitative estimate of drug-likeness (QED) is 0.748. The van der Waals surface area contributed by atoms with Gasteiger partial charge in [-0.2, -0.15) is 5.10 Å². The molecule has 0 radical (unpaired) electrons. The van der Waals surface area contributed by atoms with Crippen LogP contribution in [0.15, 0.2) is 0 Å². The van der Waals surface area contributed by atoms with Gasteiger partial charge in [-0.15, -0.1) is 0 Å². The van der Waals surface area contributed by atoms with Crippen LogP contribution < -0.4 is 0 Å². The molecule has 1 aliphatic heterocycles. The van der Waals surface area contributed by atoms with Crippen molar-refractivity contribution in [3.8, 4) is 0 Å². The van der Waals surface area contributed by atoms with Crippen molar-refractivity contribution >= 4 is 11.8 Å². The third kappa shape index (κ3) is 4.07. The Morgan fingerprint density at radius 3 is 2.52 bits per heavy atom. The van der Waals surface area contributed by atoms with Gasteiger partial charge in [-0.25, -0.2) is 9.67 Å². The molecule has 1 aromatic rings. The lowest BCUT2D eigenvalue weighted by Gasteiger charge is -2.39. The molecular weight excluding hydrogens is 296 g/mol. The molecule has 1 aromatic heterocycles. The van der Waals surface area contributed by atoms with Crippen LogP contribution in [0.4, 0.5) is 0 Å². The Kier molecular flexibility index (Phi) is 5.35. The first-order valence-electron chi connectivity index (χ1n) is 7.87. The van der Waals surface area contributed by atoms with E-state index in [1.807, 2.05) is 25.8 Å². The minimum absolute atomic E-state index is 0.0349. The molecule has 1 saturated heterocycles. The molecule has 23 heavy (non-hydrogen) atoms. The zero-order valence-corrected chi connectivity index (χ0v) is 14.6. The van der Waals surface area contributed by atoms with Gasteiger partial charge in [-0.05, 0) is 20.9 Å². The Hall–Kier alpha value is -1.96. The smallest absolute Gasteiger partial charge is 0.241 e. The molecular formula is C15H26N6O2. The second-order valence-electron chi connectivity index (χ2n) is 6.25. The number of hydrogen-bond donors (Lipinski definition) is 0. The highest BCUT2D eigenvalue weighted by atomic mass is 16.2. The summed E-state index contributed by atoms with van der Waals surface area (Å²) in [6.07, 6.45) is 0.371. The van der Waals surface area contributed by atoms with Crippen LogP contribution in [-0.4, -0.2) is 88.1 Å². The summed E-state index contributed by atoms with van der Waals surface area (Å²) in [6.45, 7) is 6.04. The predicted octanol–water partition coefficient (Wildman–Crippen LogP) is -0.484. The van der Waals surface area contributed by atoms with Gasteiger partial charge in [0.25, 0.3) is 0 Å². The van der Waals surface area contributed by atoms with Crippen LogP contribution in [-0.2, 0) is 16.1 Å². The molecule has 0 saturated carbocycles. The van der Waals surface area contributed by atoms with Gasteiger partial charge in [0, 0.05) is 40.2 Å². The number of aryl methyl sites for hydroxylation is 3. The van der Waals surface area contributed by atoms with Crippen LogP contribution in [0.25, 0.3) is 0 Å². The lowest BCUT2D eigenvalue weighted by atomic mass is 10.1. The lowest BCUT2D eigenvalue weighted by molar-refractivity contribution is -0.141. The number of rotatable bonds is 4. The van der Waals surface area contributed by atoms with Crippen molar-refractivity contribution in [3.05, 3.63) is 11.6 Å².